The summed E-state index contributed by atoms with van der Waals surface area (Å²) in [6, 6.07) is 14.4. The van der Waals surface area contributed by atoms with Gasteiger partial charge in [-0.25, -0.2) is 0 Å². The maximum Gasteiger partial charge on any atom is 0.255 e. The van der Waals surface area contributed by atoms with E-state index in [4.69, 9.17) is 9.47 Å². The van der Waals surface area contributed by atoms with E-state index in [1.807, 2.05) is 12.1 Å². The SMILES string of the molecule is CC1Cc2ccccc2N1CCNC(=O)c1cccc2c1OCCO2. The number of nitrogens with one attached hydrogen (secondary N) is 1. The van der Waals surface area contributed by atoms with Crippen LogP contribution >= 0.6 is 0 Å². The lowest BCUT2D eigenvalue weighted by molar-refractivity contribution is 0.0943. The van der Waals surface area contributed by atoms with Gasteiger partial charge >= 0.3 is 0 Å². The van der Waals surface area contributed by atoms with E-state index in [-0.39, 0.29) is 5.91 Å². The van der Waals surface area contributed by atoms with E-state index in [0.717, 1.165) is 13.0 Å². The Hall–Kier alpha value is -2.69. The van der Waals surface area contributed by atoms with Crippen molar-refractivity contribution in [3.05, 3.63) is 53.6 Å². The molecule has 1 unspecified atom stereocenters. The molecule has 4 rings (SSSR count). The average molecular weight is 338 g/mol. The van der Waals surface area contributed by atoms with Gasteiger partial charge in [0.15, 0.2) is 11.5 Å². The van der Waals surface area contributed by atoms with Gasteiger partial charge in [0.2, 0.25) is 0 Å². The number of rotatable bonds is 4. The molecule has 2 aliphatic rings. The molecule has 5 nitrogen and oxygen atoms in total. The van der Waals surface area contributed by atoms with Crippen LogP contribution in [-0.2, 0) is 6.42 Å². The Bertz CT molecular complexity index is 790. The number of nitrogens with zero attached hydrogens (tertiary/aromatic N) is 1. The maximum atomic E-state index is 12.6. The van der Waals surface area contributed by atoms with Crippen LogP contribution in [0.2, 0.25) is 0 Å². The lowest BCUT2D eigenvalue weighted by Crippen LogP contribution is -2.38. The zero-order chi connectivity index (χ0) is 17.2. The Labute approximate surface area is 147 Å². The van der Waals surface area contributed by atoms with Crippen molar-refractivity contribution in [1.29, 1.82) is 0 Å². The Kier molecular flexibility index (Phi) is 4.22. The van der Waals surface area contributed by atoms with Crippen LogP contribution in [0.3, 0.4) is 0 Å². The Balaban J connectivity index is 1.40. The molecule has 2 aliphatic heterocycles. The second-order valence-corrected chi connectivity index (χ2v) is 6.46. The second kappa shape index (κ2) is 6.67. The molecule has 1 atom stereocenters. The van der Waals surface area contributed by atoms with Crippen LogP contribution in [0.5, 0.6) is 11.5 Å². The molecule has 1 N–H and O–H groups in total. The van der Waals surface area contributed by atoms with Crippen molar-refractivity contribution in [3.8, 4) is 11.5 Å². The van der Waals surface area contributed by atoms with Gasteiger partial charge in [-0.05, 0) is 37.1 Å². The Morgan fingerprint density at radius 2 is 2.00 bits per heavy atom. The van der Waals surface area contributed by atoms with E-state index >= 15 is 0 Å². The fraction of sp³-hybridized carbons (Fsp3) is 0.350. The summed E-state index contributed by atoms with van der Waals surface area (Å²) >= 11 is 0. The van der Waals surface area contributed by atoms with Gasteiger partial charge in [-0.2, -0.15) is 0 Å². The molecule has 0 fully saturated rings. The number of benzene rings is 2. The Morgan fingerprint density at radius 3 is 2.92 bits per heavy atom. The van der Waals surface area contributed by atoms with Crippen molar-refractivity contribution in [2.75, 3.05) is 31.2 Å². The van der Waals surface area contributed by atoms with Crippen molar-refractivity contribution in [2.45, 2.75) is 19.4 Å². The highest BCUT2D eigenvalue weighted by Gasteiger charge is 2.25. The van der Waals surface area contributed by atoms with Gasteiger partial charge in [0.25, 0.3) is 5.91 Å². The molecule has 0 saturated carbocycles. The number of carbonyl (C=O) groups is 1. The molecule has 0 aromatic heterocycles. The minimum absolute atomic E-state index is 0.123. The summed E-state index contributed by atoms with van der Waals surface area (Å²) in [6.45, 7) is 4.59. The highest BCUT2D eigenvalue weighted by atomic mass is 16.6. The minimum atomic E-state index is -0.123. The standard InChI is InChI=1S/C20H22N2O3/c1-14-13-15-5-2-3-7-17(15)22(14)10-9-21-20(23)16-6-4-8-18-19(16)25-12-11-24-18/h2-8,14H,9-13H2,1H3,(H,21,23). The zero-order valence-electron chi connectivity index (χ0n) is 14.3. The highest BCUT2D eigenvalue weighted by molar-refractivity contribution is 5.97. The van der Waals surface area contributed by atoms with Crippen LogP contribution in [-0.4, -0.2) is 38.3 Å². The van der Waals surface area contributed by atoms with E-state index in [2.05, 4.69) is 41.4 Å². The summed E-state index contributed by atoms with van der Waals surface area (Å²) in [5.41, 5.74) is 3.19. The quantitative estimate of drug-likeness (QED) is 0.931. The van der Waals surface area contributed by atoms with E-state index in [0.29, 0.717) is 42.9 Å². The third kappa shape index (κ3) is 3.02. The normalized spacial score (nSPS) is 18.0. The smallest absolute Gasteiger partial charge is 0.255 e. The summed E-state index contributed by atoms with van der Waals surface area (Å²) in [5.74, 6) is 1.06. The second-order valence-electron chi connectivity index (χ2n) is 6.46. The van der Waals surface area contributed by atoms with E-state index < -0.39 is 0 Å². The monoisotopic (exact) mass is 338 g/mol. The van der Waals surface area contributed by atoms with Crippen LogP contribution < -0.4 is 19.7 Å². The van der Waals surface area contributed by atoms with Gasteiger partial charge in [0, 0.05) is 24.8 Å². The fourth-order valence-electron chi connectivity index (χ4n) is 3.61. The predicted molar refractivity (Wildman–Crippen MR) is 96.7 cm³/mol. The molecule has 2 aromatic rings. The molecule has 5 heteroatoms. The first-order valence-corrected chi connectivity index (χ1v) is 8.75. The lowest BCUT2D eigenvalue weighted by Gasteiger charge is -2.25. The molecule has 2 aromatic carbocycles. The third-order valence-electron chi connectivity index (χ3n) is 4.80. The first-order valence-electron chi connectivity index (χ1n) is 8.75. The lowest BCUT2D eigenvalue weighted by atomic mass is 10.1. The summed E-state index contributed by atoms with van der Waals surface area (Å²) in [7, 11) is 0. The largest absolute Gasteiger partial charge is 0.486 e. The van der Waals surface area contributed by atoms with E-state index in [1.54, 1.807) is 6.07 Å². The maximum absolute atomic E-state index is 12.6. The first kappa shape index (κ1) is 15.8. The molecule has 0 spiro atoms. The molecule has 25 heavy (non-hydrogen) atoms. The van der Waals surface area contributed by atoms with Crippen LogP contribution in [0, 0.1) is 0 Å². The van der Waals surface area contributed by atoms with Gasteiger partial charge in [0.05, 0.1) is 5.56 Å². The number of hydrogen-bond acceptors (Lipinski definition) is 4. The van der Waals surface area contributed by atoms with Crippen LogP contribution in [0.1, 0.15) is 22.8 Å². The summed E-state index contributed by atoms with van der Waals surface area (Å²) in [5, 5.41) is 3.01. The molecule has 0 bridgehead atoms. The van der Waals surface area contributed by atoms with Crippen LogP contribution in [0.4, 0.5) is 5.69 Å². The number of ether oxygens (including phenoxy) is 2. The number of hydrogen-bond donors (Lipinski definition) is 1. The highest BCUT2D eigenvalue weighted by Crippen LogP contribution is 2.34. The zero-order valence-corrected chi connectivity index (χ0v) is 14.3. The number of fused-ring (bicyclic) bond motifs is 2. The summed E-state index contributed by atoms with van der Waals surface area (Å²) in [6.07, 6.45) is 1.06. The van der Waals surface area contributed by atoms with Gasteiger partial charge in [-0.15, -0.1) is 0 Å². The van der Waals surface area contributed by atoms with Crippen molar-refractivity contribution in [3.63, 3.8) is 0 Å². The molecular formula is C20H22N2O3. The molecular weight excluding hydrogens is 316 g/mol. The topological polar surface area (TPSA) is 50.8 Å². The van der Waals surface area contributed by atoms with Crippen molar-refractivity contribution in [2.24, 2.45) is 0 Å². The summed E-state index contributed by atoms with van der Waals surface area (Å²) in [4.78, 5) is 14.9. The van der Waals surface area contributed by atoms with Gasteiger partial charge < -0.3 is 19.7 Å². The molecule has 0 saturated heterocycles. The fourth-order valence-corrected chi connectivity index (χ4v) is 3.61. The van der Waals surface area contributed by atoms with Gasteiger partial charge in [0.1, 0.15) is 13.2 Å². The van der Waals surface area contributed by atoms with Crippen LogP contribution in [0.25, 0.3) is 0 Å². The number of para-hydroxylation sites is 2. The summed E-state index contributed by atoms with van der Waals surface area (Å²) < 4.78 is 11.2. The van der Waals surface area contributed by atoms with Crippen LogP contribution in [0.15, 0.2) is 42.5 Å². The Morgan fingerprint density at radius 1 is 1.16 bits per heavy atom. The first-order chi connectivity index (χ1) is 12.2. The number of carbonyl (C=O) groups excluding carboxylic acids is 1. The van der Waals surface area contributed by atoms with E-state index in [1.165, 1.54) is 11.3 Å². The molecule has 0 aliphatic carbocycles. The van der Waals surface area contributed by atoms with E-state index in [9.17, 15) is 4.79 Å². The third-order valence-corrected chi connectivity index (χ3v) is 4.80. The number of amides is 1. The molecule has 0 radical (unpaired) electrons. The van der Waals surface area contributed by atoms with Gasteiger partial charge in [-0.3, -0.25) is 4.79 Å². The predicted octanol–water partition coefficient (Wildman–Crippen LogP) is 2.64. The average Bonchev–Trinajstić information content (AvgIpc) is 2.96. The van der Waals surface area contributed by atoms with Crippen molar-refractivity contribution in [1.82, 2.24) is 5.32 Å². The molecule has 2 heterocycles. The van der Waals surface area contributed by atoms with Crippen molar-refractivity contribution >= 4 is 11.6 Å². The molecule has 1 amide bonds. The van der Waals surface area contributed by atoms with Gasteiger partial charge in [-0.1, -0.05) is 24.3 Å². The van der Waals surface area contributed by atoms with Crippen molar-refractivity contribution < 1.29 is 14.3 Å². The number of anilines is 1. The minimum Gasteiger partial charge on any atom is -0.486 e. The molecule has 130 valence electrons.